The summed E-state index contributed by atoms with van der Waals surface area (Å²) in [5, 5.41) is 0. The van der Waals surface area contributed by atoms with E-state index in [0.29, 0.717) is 49.3 Å². The topological polar surface area (TPSA) is 49.9 Å². The van der Waals surface area contributed by atoms with Crippen LogP contribution >= 0.6 is 0 Å². The zero-order chi connectivity index (χ0) is 28.4. The van der Waals surface area contributed by atoms with Crippen molar-refractivity contribution in [3.8, 4) is 0 Å². The van der Waals surface area contributed by atoms with Gasteiger partial charge in [-0.15, -0.1) is 0 Å². The van der Waals surface area contributed by atoms with Crippen LogP contribution in [0.1, 0.15) is 50.7 Å². The number of piperazine rings is 1. The van der Waals surface area contributed by atoms with Crippen LogP contribution in [0.2, 0.25) is 6.82 Å². The smallest absolute Gasteiger partial charge is 0.416 e. The highest BCUT2D eigenvalue weighted by Gasteiger charge is 2.53. The summed E-state index contributed by atoms with van der Waals surface area (Å²) < 4.78 is 47.6. The number of hydrogen-bond acceptors (Lipinski definition) is 4. The minimum atomic E-state index is -4.56. The van der Waals surface area contributed by atoms with Crippen molar-refractivity contribution in [3.05, 3.63) is 106 Å². The Morgan fingerprint density at radius 1 is 0.950 bits per heavy atom. The van der Waals surface area contributed by atoms with Crippen molar-refractivity contribution in [1.29, 1.82) is 0 Å². The molecular weight excluding hydrogens is 516 g/mol. The first-order chi connectivity index (χ1) is 19.0. The normalized spacial score (nSPS) is 19.6. The van der Waals surface area contributed by atoms with Crippen molar-refractivity contribution in [1.82, 2.24) is 4.90 Å². The summed E-state index contributed by atoms with van der Waals surface area (Å²) in [4.78, 5) is 29.5. The average Bonchev–Trinajstić information content (AvgIpc) is 3.23. The second-order valence-corrected chi connectivity index (χ2v) is 10.8. The van der Waals surface area contributed by atoms with Gasteiger partial charge in [0.25, 0.3) is 0 Å². The molecule has 1 amide bonds. The van der Waals surface area contributed by atoms with Crippen LogP contribution in [0.4, 0.5) is 18.9 Å². The fourth-order valence-corrected chi connectivity index (χ4v) is 6.25. The number of alkyl halides is 3. The van der Waals surface area contributed by atoms with Gasteiger partial charge in [-0.2, -0.15) is 13.2 Å². The Balaban J connectivity index is 1.47. The van der Waals surface area contributed by atoms with Gasteiger partial charge < -0.3 is 14.5 Å². The van der Waals surface area contributed by atoms with Gasteiger partial charge in [-0.3, -0.25) is 4.79 Å². The molecule has 40 heavy (non-hydrogen) atoms. The molecule has 0 N–H and O–H groups in total. The van der Waals surface area contributed by atoms with E-state index >= 15 is 0 Å². The lowest BCUT2D eigenvalue weighted by Gasteiger charge is -2.39. The van der Waals surface area contributed by atoms with Crippen molar-refractivity contribution in [2.24, 2.45) is 0 Å². The number of halogens is 3. The number of fused-ring (bicyclic) bond motifs is 6. The van der Waals surface area contributed by atoms with Gasteiger partial charge in [-0.05, 0) is 54.8 Å². The van der Waals surface area contributed by atoms with Crippen molar-refractivity contribution in [2.45, 2.75) is 31.9 Å². The third kappa shape index (κ3) is 4.02. The molecule has 0 bridgehead atoms. The average molecular weight is 544 g/mol. The lowest BCUT2D eigenvalue weighted by atomic mass is 9.67. The van der Waals surface area contributed by atoms with Gasteiger partial charge in [0.15, 0.2) is 12.9 Å². The standard InChI is InChI=1S/C31H28BF3N2O3/c1-18(2)28(38)37-12-10-36(11-13-37)23-6-9-26-20(16-23)14-19-15-22(32-3)5-8-25(19)30(26)27-17-21(31(33,34)35)4-7-24(27)29(39)40-30/h4-9,15-17,32H,1,10-14H2,2-3H3. The first-order valence-electron chi connectivity index (χ1n) is 13.4. The Morgan fingerprint density at radius 3 is 2.27 bits per heavy atom. The predicted molar refractivity (Wildman–Crippen MR) is 149 cm³/mol. The third-order valence-electron chi connectivity index (χ3n) is 8.30. The molecule has 2 aliphatic heterocycles. The maximum absolute atomic E-state index is 13.8. The van der Waals surface area contributed by atoms with Crippen LogP contribution in [0.15, 0.2) is 66.7 Å². The molecule has 1 aliphatic carbocycles. The lowest BCUT2D eigenvalue weighted by molar-refractivity contribution is -0.137. The van der Waals surface area contributed by atoms with E-state index in [0.717, 1.165) is 41.7 Å². The minimum absolute atomic E-state index is 0.0460. The number of ether oxygens (including phenoxy) is 1. The molecule has 3 aromatic rings. The van der Waals surface area contributed by atoms with Crippen LogP contribution < -0.4 is 10.4 Å². The van der Waals surface area contributed by atoms with Gasteiger partial charge in [0.2, 0.25) is 5.91 Å². The summed E-state index contributed by atoms with van der Waals surface area (Å²) in [5.74, 6) is -0.681. The highest BCUT2D eigenvalue weighted by molar-refractivity contribution is 6.51. The van der Waals surface area contributed by atoms with E-state index in [1.807, 2.05) is 37.2 Å². The quantitative estimate of drug-likeness (QED) is 0.279. The first-order valence-corrected chi connectivity index (χ1v) is 13.4. The van der Waals surface area contributed by atoms with Crippen LogP contribution in [-0.2, 0) is 27.7 Å². The summed E-state index contributed by atoms with van der Waals surface area (Å²) >= 11 is 0. The summed E-state index contributed by atoms with van der Waals surface area (Å²) in [6.07, 6.45) is -4.00. The van der Waals surface area contributed by atoms with E-state index < -0.39 is 23.3 Å². The van der Waals surface area contributed by atoms with E-state index in [1.165, 1.54) is 6.07 Å². The first kappa shape index (κ1) is 26.2. The highest BCUT2D eigenvalue weighted by atomic mass is 19.4. The zero-order valence-corrected chi connectivity index (χ0v) is 22.4. The zero-order valence-electron chi connectivity index (χ0n) is 22.4. The minimum Gasteiger partial charge on any atom is -0.441 e. The monoisotopic (exact) mass is 544 g/mol. The maximum Gasteiger partial charge on any atom is 0.416 e. The number of carbonyl (C=O) groups is 2. The molecule has 2 heterocycles. The summed E-state index contributed by atoms with van der Waals surface area (Å²) in [6.45, 7) is 9.95. The molecular formula is C31H28BF3N2O3. The fraction of sp³-hybridized carbons (Fsp3) is 0.290. The number of anilines is 1. The molecule has 6 rings (SSSR count). The van der Waals surface area contributed by atoms with Gasteiger partial charge in [0, 0.05) is 54.1 Å². The Kier molecular flexibility index (Phi) is 6.09. The molecule has 1 unspecified atom stereocenters. The van der Waals surface area contributed by atoms with Crippen LogP contribution in [0, 0.1) is 0 Å². The van der Waals surface area contributed by atoms with Gasteiger partial charge >= 0.3 is 12.1 Å². The van der Waals surface area contributed by atoms with Crippen LogP contribution in [0.5, 0.6) is 0 Å². The fourth-order valence-electron chi connectivity index (χ4n) is 6.25. The molecule has 0 saturated carbocycles. The number of amides is 1. The molecule has 0 aromatic heterocycles. The number of hydrogen-bond donors (Lipinski definition) is 0. The van der Waals surface area contributed by atoms with Gasteiger partial charge in [0.05, 0.1) is 11.1 Å². The largest absolute Gasteiger partial charge is 0.441 e. The van der Waals surface area contributed by atoms with Crippen molar-refractivity contribution in [2.75, 3.05) is 31.1 Å². The Morgan fingerprint density at radius 2 is 1.62 bits per heavy atom. The molecule has 3 aromatic carbocycles. The molecule has 204 valence electrons. The van der Waals surface area contributed by atoms with Crippen LogP contribution in [-0.4, -0.2) is 50.2 Å². The van der Waals surface area contributed by atoms with E-state index in [-0.39, 0.29) is 17.0 Å². The molecule has 5 nitrogen and oxygen atoms in total. The molecule has 9 heteroatoms. The van der Waals surface area contributed by atoms with E-state index in [2.05, 4.69) is 17.5 Å². The number of nitrogens with zero attached hydrogens (tertiary/aromatic N) is 2. The van der Waals surface area contributed by atoms with Crippen molar-refractivity contribution >= 4 is 30.3 Å². The summed E-state index contributed by atoms with van der Waals surface area (Å²) in [5.41, 5.74) is 3.86. The molecule has 1 fully saturated rings. The summed E-state index contributed by atoms with van der Waals surface area (Å²) in [7, 11) is 0.801. The molecule has 0 radical (unpaired) electrons. The maximum atomic E-state index is 13.8. The molecule has 1 spiro atoms. The summed E-state index contributed by atoms with van der Waals surface area (Å²) in [6, 6.07) is 15.0. The van der Waals surface area contributed by atoms with E-state index in [9.17, 15) is 22.8 Å². The SMILES string of the molecule is C=C(C)C(=O)N1CCN(c2ccc3c(c2)Cc2cc(BC)ccc2C32OC(=O)c3ccc(C(F)(F)F)cc32)CC1. The number of esters is 1. The Labute approximate surface area is 231 Å². The predicted octanol–water partition coefficient (Wildman–Crippen LogP) is 4.41. The second kappa shape index (κ2) is 9.29. The number of carbonyl (C=O) groups excluding carboxylic acids is 2. The van der Waals surface area contributed by atoms with Gasteiger partial charge in [-0.1, -0.05) is 43.1 Å². The van der Waals surface area contributed by atoms with Gasteiger partial charge in [-0.25, -0.2) is 4.79 Å². The Hall–Kier alpha value is -4.01. The third-order valence-corrected chi connectivity index (χ3v) is 8.30. The van der Waals surface area contributed by atoms with E-state index in [4.69, 9.17) is 4.74 Å². The molecule has 3 aliphatic rings. The molecule has 1 atom stereocenters. The highest BCUT2D eigenvalue weighted by Crippen LogP contribution is 2.53. The molecule has 1 saturated heterocycles. The second-order valence-electron chi connectivity index (χ2n) is 10.8. The van der Waals surface area contributed by atoms with Crippen LogP contribution in [0.25, 0.3) is 0 Å². The van der Waals surface area contributed by atoms with Crippen LogP contribution in [0.3, 0.4) is 0 Å². The Bertz CT molecular complexity index is 1580. The van der Waals surface area contributed by atoms with Crippen molar-refractivity contribution in [3.63, 3.8) is 0 Å². The van der Waals surface area contributed by atoms with Crippen molar-refractivity contribution < 1.29 is 27.5 Å². The lowest BCUT2D eigenvalue weighted by Crippen LogP contribution is -2.49. The van der Waals surface area contributed by atoms with Gasteiger partial charge in [0.1, 0.15) is 0 Å². The number of benzene rings is 3. The van der Waals surface area contributed by atoms with E-state index in [1.54, 1.807) is 11.8 Å². The number of rotatable bonds is 3.